The third-order valence-electron chi connectivity index (χ3n) is 4.30. The molecule has 0 fully saturated rings. The van der Waals surface area contributed by atoms with E-state index in [1.54, 1.807) is 7.05 Å². The number of nitrogens with zero attached hydrogens (tertiary/aromatic N) is 1. The molecule has 0 radical (unpaired) electrons. The monoisotopic (exact) mass is 524 g/mol. The summed E-state index contributed by atoms with van der Waals surface area (Å²) in [7, 11) is 1.64. The first kappa shape index (κ1) is 25.7. The number of guanidine groups is 1. The van der Waals surface area contributed by atoms with Gasteiger partial charge in [0.05, 0.1) is 6.54 Å². The van der Waals surface area contributed by atoms with Crippen LogP contribution in [0, 0.1) is 6.92 Å². The second kappa shape index (κ2) is 13.8. The topological polar surface area (TPSA) is 74.8 Å². The number of amides is 1. The highest BCUT2D eigenvalue weighted by molar-refractivity contribution is 14.0. The summed E-state index contributed by atoms with van der Waals surface area (Å²) in [5.74, 6) is 1.55. The number of rotatable bonds is 9. The maximum atomic E-state index is 11.8. The van der Waals surface area contributed by atoms with E-state index in [1.165, 1.54) is 5.56 Å². The molecule has 0 aliphatic carbocycles. The predicted molar refractivity (Wildman–Crippen MR) is 134 cm³/mol. The van der Waals surface area contributed by atoms with Crippen molar-refractivity contribution in [1.29, 1.82) is 0 Å². The molecule has 1 atom stereocenters. The Morgan fingerprint density at radius 3 is 2.60 bits per heavy atom. The van der Waals surface area contributed by atoms with Crippen LogP contribution in [0.15, 0.2) is 53.5 Å². The van der Waals surface area contributed by atoms with Gasteiger partial charge in [-0.05, 0) is 62.6 Å². The van der Waals surface area contributed by atoms with Gasteiger partial charge in [-0.3, -0.25) is 4.79 Å². The Balaban J connectivity index is 0.00000450. The smallest absolute Gasteiger partial charge is 0.251 e. The Morgan fingerprint density at radius 1 is 1.13 bits per heavy atom. The molecule has 2 aromatic carbocycles. The number of ether oxygens (including phenoxy) is 1. The largest absolute Gasteiger partial charge is 0.489 e. The predicted octanol–water partition coefficient (Wildman–Crippen LogP) is 3.54. The molecule has 6 nitrogen and oxygen atoms in total. The quantitative estimate of drug-likeness (QED) is 0.267. The summed E-state index contributed by atoms with van der Waals surface area (Å²) in [4.78, 5) is 16.4. The molecule has 2 aromatic rings. The highest BCUT2D eigenvalue weighted by atomic mass is 127. The van der Waals surface area contributed by atoms with Crippen LogP contribution in [0.2, 0.25) is 0 Å². The van der Waals surface area contributed by atoms with Gasteiger partial charge < -0.3 is 20.7 Å². The summed E-state index contributed by atoms with van der Waals surface area (Å²) in [5.41, 5.74) is 2.95. The van der Waals surface area contributed by atoms with Crippen LogP contribution in [0.4, 0.5) is 0 Å². The number of carbonyl (C=O) groups excluding carboxylic acids is 1. The summed E-state index contributed by atoms with van der Waals surface area (Å²) in [5, 5.41) is 9.25. The van der Waals surface area contributed by atoms with Crippen molar-refractivity contribution in [3.8, 4) is 5.75 Å². The normalized spacial score (nSPS) is 11.8. The van der Waals surface area contributed by atoms with Crippen molar-refractivity contribution in [3.05, 3.63) is 65.2 Å². The first-order valence-corrected chi connectivity index (χ1v) is 10.1. The number of nitrogens with one attached hydrogen (secondary N) is 3. The zero-order valence-corrected chi connectivity index (χ0v) is 20.5. The van der Waals surface area contributed by atoms with Crippen LogP contribution in [0.3, 0.4) is 0 Å². The lowest BCUT2D eigenvalue weighted by Crippen LogP contribution is -2.39. The van der Waals surface area contributed by atoms with E-state index in [0.717, 1.165) is 36.8 Å². The number of aliphatic imine (C=N–C) groups is 1. The van der Waals surface area contributed by atoms with Crippen molar-refractivity contribution in [3.63, 3.8) is 0 Å². The van der Waals surface area contributed by atoms with Gasteiger partial charge in [0.1, 0.15) is 11.9 Å². The molecule has 0 heterocycles. The van der Waals surface area contributed by atoms with E-state index in [-0.39, 0.29) is 36.0 Å². The van der Waals surface area contributed by atoms with E-state index in [2.05, 4.69) is 20.9 Å². The van der Waals surface area contributed by atoms with Gasteiger partial charge in [-0.1, -0.05) is 24.3 Å². The van der Waals surface area contributed by atoms with Crippen LogP contribution in [-0.2, 0) is 6.42 Å². The van der Waals surface area contributed by atoms with Crippen molar-refractivity contribution < 1.29 is 9.53 Å². The minimum atomic E-state index is -0.0719. The van der Waals surface area contributed by atoms with E-state index >= 15 is 0 Å². The Kier molecular flexibility index (Phi) is 11.9. The molecular weight excluding hydrogens is 491 g/mol. The molecule has 0 saturated carbocycles. The van der Waals surface area contributed by atoms with Crippen LogP contribution < -0.4 is 20.7 Å². The molecule has 0 bridgehead atoms. The van der Waals surface area contributed by atoms with Gasteiger partial charge in [0.15, 0.2) is 5.96 Å². The average Bonchev–Trinajstić information content (AvgIpc) is 2.71. The fourth-order valence-corrected chi connectivity index (χ4v) is 2.86. The minimum absolute atomic E-state index is 0. The standard InChI is InChI=1S/C23H32N4O2.HI/c1-5-25-23(27-16-18(3)29-21-11-6-8-17(2)14-21)26-13-12-19-9-7-10-20(15-19)22(28)24-4;/h6-11,14-15,18H,5,12-13,16H2,1-4H3,(H,24,28)(H2,25,26,27);1H. The van der Waals surface area contributed by atoms with Crippen LogP contribution in [0.1, 0.15) is 35.3 Å². The third-order valence-corrected chi connectivity index (χ3v) is 4.30. The number of hydrogen-bond donors (Lipinski definition) is 3. The van der Waals surface area contributed by atoms with Crippen molar-refractivity contribution in [2.45, 2.75) is 33.3 Å². The van der Waals surface area contributed by atoms with Crippen molar-refractivity contribution in [2.75, 3.05) is 26.7 Å². The lowest BCUT2D eigenvalue weighted by Gasteiger charge is -2.15. The van der Waals surface area contributed by atoms with Gasteiger partial charge >= 0.3 is 0 Å². The second-order valence-electron chi connectivity index (χ2n) is 6.92. The molecule has 0 spiro atoms. The molecule has 3 N–H and O–H groups in total. The number of benzene rings is 2. The first-order valence-electron chi connectivity index (χ1n) is 10.1. The first-order chi connectivity index (χ1) is 14.0. The van der Waals surface area contributed by atoms with Crippen molar-refractivity contribution >= 4 is 35.8 Å². The van der Waals surface area contributed by atoms with Crippen LogP contribution in [-0.4, -0.2) is 44.7 Å². The Hall–Kier alpha value is -2.29. The minimum Gasteiger partial charge on any atom is -0.489 e. The lowest BCUT2D eigenvalue weighted by atomic mass is 10.1. The molecule has 0 aromatic heterocycles. The van der Waals surface area contributed by atoms with Crippen molar-refractivity contribution in [2.24, 2.45) is 4.99 Å². The molecule has 0 aliphatic heterocycles. The van der Waals surface area contributed by atoms with Gasteiger partial charge in [-0.15, -0.1) is 24.0 Å². The molecular formula is C23H33IN4O2. The van der Waals surface area contributed by atoms with E-state index in [0.29, 0.717) is 12.1 Å². The Bertz CT molecular complexity index is 826. The summed E-state index contributed by atoms with van der Waals surface area (Å²) < 4.78 is 5.94. The summed E-state index contributed by atoms with van der Waals surface area (Å²) in [6.07, 6.45) is 0.765. The zero-order valence-electron chi connectivity index (χ0n) is 18.2. The van der Waals surface area contributed by atoms with Crippen LogP contribution in [0.25, 0.3) is 0 Å². The van der Waals surface area contributed by atoms with Gasteiger partial charge in [0.25, 0.3) is 5.91 Å². The van der Waals surface area contributed by atoms with E-state index in [1.807, 2.05) is 69.3 Å². The number of hydrogen-bond acceptors (Lipinski definition) is 3. The summed E-state index contributed by atoms with van der Waals surface area (Å²) >= 11 is 0. The maximum Gasteiger partial charge on any atom is 0.251 e. The highest BCUT2D eigenvalue weighted by Gasteiger charge is 2.06. The molecule has 1 amide bonds. The average molecular weight is 524 g/mol. The number of aryl methyl sites for hydroxylation is 1. The van der Waals surface area contributed by atoms with E-state index < -0.39 is 0 Å². The Labute approximate surface area is 196 Å². The molecule has 30 heavy (non-hydrogen) atoms. The van der Waals surface area contributed by atoms with Crippen LogP contribution in [0.5, 0.6) is 5.75 Å². The lowest BCUT2D eigenvalue weighted by molar-refractivity contribution is 0.0963. The van der Waals surface area contributed by atoms with Crippen molar-refractivity contribution in [1.82, 2.24) is 16.0 Å². The molecule has 2 rings (SSSR count). The maximum absolute atomic E-state index is 11.8. The van der Waals surface area contributed by atoms with Gasteiger partial charge in [0.2, 0.25) is 0 Å². The zero-order chi connectivity index (χ0) is 21.1. The SMILES string of the molecule is CCNC(=NCC(C)Oc1cccc(C)c1)NCCc1cccc(C(=O)NC)c1.I. The van der Waals surface area contributed by atoms with Crippen LogP contribution >= 0.6 is 24.0 Å². The molecule has 0 aliphatic rings. The molecule has 164 valence electrons. The van der Waals surface area contributed by atoms with E-state index in [9.17, 15) is 4.79 Å². The number of halogens is 1. The molecule has 1 unspecified atom stereocenters. The fraction of sp³-hybridized carbons (Fsp3) is 0.391. The highest BCUT2D eigenvalue weighted by Crippen LogP contribution is 2.14. The fourth-order valence-electron chi connectivity index (χ4n) is 2.86. The third kappa shape index (κ3) is 9.02. The van der Waals surface area contributed by atoms with Gasteiger partial charge in [-0.25, -0.2) is 4.99 Å². The Morgan fingerprint density at radius 2 is 1.90 bits per heavy atom. The summed E-state index contributed by atoms with van der Waals surface area (Å²) in [6, 6.07) is 15.7. The molecule has 0 saturated heterocycles. The second-order valence-corrected chi connectivity index (χ2v) is 6.92. The molecule has 7 heteroatoms. The number of carbonyl (C=O) groups is 1. The van der Waals surface area contributed by atoms with Gasteiger partial charge in [-0.2, -0.15) is 0 Å². The van der Waals surface area contributed by atoms with E-state index in [4.69, 9.17) is 4.74 Å². The van der Waals surface area contributed by atoms with Gasteiger partial charge in [0, 0.05) is 25.7 Å². The summed E-state index contributed by atoms with van der Waals surface area (Å²) in [6.45, 7) is 8.15.